The molecule has 0 amide bonds. The predicted molar refractivity (Wildman–Crippen MR) is 208 cm³/mol. The summed E-state index contributed by atoms with van der Waals surface area (Å²) in [6.07, 6.45) is 0. The van der Waals surface area contributed by atoms with Crippen LogP contribution in [0.2, 0.25) is 0 Å². The van der Waals surface area contributed by atoms with Crippen molar-refractivity contribution in [1.82, 2.24) is 4.98 Å². The summed E-state index contributed by atoms with van der Waals surface area (Å²) in [6, 6.07) is 60.0. The van der Waals surface area contributed by atoms with Crippen molar-refractivity contribution in [3.8, 4) is 44.6 Å². The van der Waals surface area contributed by atoms with Gasteiger partial charge in [-0.1, -0.05) is 166 Å². The molecule has 49 heavy (non-hydrogen) atoms. The zero-order chi connectivity index (χ0) is 32.7. The Morgan fingerprint density at radius 1 is 0.408 bits per heavy atom. The molecule has 0 spiro atoms. The van der Waals surface area contributed by atoms with Crippen molar-refractivity contribution in [3.05, 3.63) is 175 Å². The molecule has 0 saturated heterocycles. The Kier molecular flexibility index (Phi) is 5.99. The van der Waals surface area contributed by atoms with Crippen molar-refractivity contribution in [2.45, 2.75) is 19.3 Å². The van der Waals surface area contributed by atoms with E-state index in [0.717, 1.165) is 11.2 Å². The van der Waals surface area contributed by atoms with Crippen molar-refractivity contribution in [2.75, 3.05) is 0 Å². The van der Waals surface area contributed by atoms with Gasteiger partial charge in [-0.2, -0.15) is 0 Å². The quantitative estimate of drug-likeness (QED) is 0.178. The third-order valence-electron chi connectivity index (χ3n) is 10.8. The fourth-order valence-electron chi connectivity index (χ4n) is 8.56. The number of fused-ring (bicyclic) bond motifs is 8. The zero-order valence-electron chi connectivity index (χ0n) is 27.5. The van der Waals surface area contributed by atoms with E-state index in [1.807, 2.05) is 0 Å². The van der Waals surface area contributed by atoms with E-state index in [-0.39, 0.29) is 5.41 Å². The number of rotatable bonds is 3. The number of pyridine rings is 1. The highest BCUT2D eigenvalue weighted by Gasteiger charge is 2.39. The molecule has 0 bridgehead atoms. The Bertz CT molecular complexity index is 2780. The molecule has 1 aliphatic rings. The van der Waals surface area contributed by atoms with E-state index in [9.17, 15) is 0 Å². The normalized spacial score (nSPS) is 13.3. The molecule has 0 unspecified atom stereocenters. The minimum Gasteiger partial charge on any atom is -0.247 e. The minimum atomic E-state index is -0.157. The first-order chi connectivity index (χ1) is 24.1. The second kappa shape index (κ2) is 10.5. The fraction of sp³-hybridized carbons (Fsp3) is 0.0625. The predicted octanol–water partition coefficient (Wildman–Crippen LogP) is 13.0. The summed E-state index contributed by atoms with van der Waals surface area (Å²) in [4.78, 5) is 5.25. The summed E-state index contributed by atoms with van der Waals surface area (Å²) < 4.78 is 0. The van der Waals surface area contributed by atoms with Gasteiger partial charge in [0.15, 0.2) is 0 Å². The van der Waals surface area contributed by atoms with Gasteiger partial charge < -0.3 is 0 Å². The van der Waals surface area contributed by atoms with Gasteiger partial charge >= 0.3 is 0 Å². The standard InChI is InChI=1S/C48H33N/c1-48(2)43-21-11-9-19-40(43)47-46(48)45(41-20-10-12-22-44(41)49-47)31-25-23-30(24-26-31)34-27-28-39(37-17-7-5-16-36(34)37)42-29-32-13-3-4-14-33(32)35-15-6-8-18-38(35)42/h3-29H,1-2H3. The fourth-order valence-corrected chi connectivity index (χ4v) is 8.56. The lowest BCUT2D eigenvalue weighted by Gasteiger charge is -2.25. The monoisotopic (exact) mass is 623 g/mol. The largest absolute Gasteiger partial charge is 0.247 e. The van der Waals surface area contributed by atoms with Crippen LogP contribution < -0.4 is 0 Å². The van der Waals surface area contributed by atoms with E-state index in [1.165, 1.54) is 87.8 Å². The maximum atomic E-state index is 5.25. The number of hydrogen-bond acceptors (Lipinski definition) is 1. The number of nitrogens with zero attached hydrogens (tertiary/aromatic N) is 1. The molecule has 10 rings (SSSR count). The maximum Gasteiger partial charge on any atom is 0.0759 e. The van der Waals surface area contributed by atoms with Gasteiger partial charge in [0.25, 0.3) is 0 Å². The molecule has 0 N–H and O–H groups in total. The van der Waals surface area contributed by atoms with Gasteiger partial charge in [0.2, 0.25) is 0 Å². The molecule has 230 valence electrons. The van der Waals surface area contributed by atoms with Crippen LogP contribution in [0.25, 0.3) is 87.9 Å². The molecule has 0 atom stereocenters. The highest BCUT2D eigenvalue weighted by molar-refractivity contribution is 6.17. The molecule has 0 fully saturated rings. The molecule has 9 aromatic rings. The zero-order valence-corrected chi connectivity index (χ0v) is 27.5. The summed E-state index contributed by atoms with van der Waals surface area (Å²) in [5.74, 6) is 0. The minimum absolute atomic E-state index is 0.157. The van der Waals surface area contributed by atoms with Gasteiger partial charge in [0, 0.05) is 16.4 Å². The Balaban J connectivity index is 1.14. The summed E-state index contributed by atoms with van der Waals surface area (Å²) in [5, 5.41) is 8.86. The Morgan fingerprint density at radius 3 is 1.73 bits per heavy atom. The molecule has 1 nitrogen and oxygen atoms in total. The Morgan fingerprint density at radius 2 is 0.959 bits per heavy atom. The molecule has 0 radical (unpaired) electrons. The number of para-hydroxylation sites is 1. The molecule has 0 aliphatic heterocycles. The van der Waals surface area contributed by atoms with Crippen molar-refractivity contribution >= 4 is 43.2 Å². The molecule has 8 aromatic carbocycles. The van der Waals surface area contributed by atoms with Gasteiger partial charge in [-0.25, -0.2) is 4.98 Å². The van der Waals surface area contributed by atoms with Crippen molar-refractivity contribution in [1.29, 1.82) is 0 Å². The average molecular weight is 624 g/mol. The van der Waals surface area contributed by atoms with E-state index in [4.69, 9.17) is 4.98 Å². The van der Waals surface area contributed by atoms with Gasteiger partial charge in [-0.3, -0.25) is 0 Å². The van der Waals surface area contributed by atoms with Gasteiger partial charge in [0.1, 0.15) is 0 Å². The van der Waals surface area contributed by atoms with Crippen LogP contribution in [-0.2, 0) is 5.41 Å². The summed E-state index contributed by atoms with van der Waals surface area (Å²) in [6.45, 7) is 4.69. The van der Waals surface area contributed by atoms with E-state index < -0.39 is 0 Å². The third-order valence-corrected chi connectivity index (χ3v) is 10.8. The van der Waals surface area contributed by atoms with Crippen LogP contribution in [-0.4, -0.2) is 4.98 Å². The lowest BCUT2D eigenvalue weighted by atomic mass is 9.78. The summed E-state index contributed by atoms with van der Waals surface area (Å²) in [5.41, 5.74) is 13.4. The van der Waals surface area contributed by atoms with E-state index in [2.05, 4.69) is 178 Å². The number of hydrogen-bond donors (Lipinski definition) is 0. The van der Waals surface area contributed by atoms with Crippen molar-refractivity contribution < 1.29 is 0 Å². The van der Waals surface area contributed by atoms with Crippen LogP contribution in [0.5, 0.6) is 0 Å². The van der Waals surface area contributed by atoms with Crippen LogP contribution in [0.3, 0.4) is 0 Å². The maximum absolute atomic E-state index is 5.25. The summed E-state index contributed by atoms with van der Waals surface area (Å²) in [7, 11) is 0. The third kappa shape index (κ3) is 4.09. The topological polar surface area (TPSA) is 12.9 Å². The molecule has 1 aliphatic carbocycles. The molecule has 1 heterocycles. The highest BCUT2D eigenvalue weighted by atomic mass is 14.7. The van der Waals surface area contributed by atoms with Crippen LogP contribution >= 0.6 is 0 Å². The Labute approximate surface area is 286 Å². The first kappa shape index (κ1) is 28.0. The van der Waals surface area contributed by atoms with Crippen molar-refractivity contribution in [2.24, 2.45) is 0 Å². The van der Waals surface area contributed by atoms with Crippen LogP contribution in [0.1, 0.15) is 25.0 Å². The van der Waals surface area contributed by atoms with Crippen LogP contribution in [0.4, 0.5) is 0 Å². The highest BCUT2D eigenvalue weighted by Crippen LogP contribution is 2.53. The lowest BCUT2D eigenvalue weighted by Crippen LogP contribution is -2.16. The second-order valence-corrected chi connectivity index (χ2v) is 13.9. The summed E-state index contributed by atoms with van der Waals surface area (Å²) >= 11 is 0. The molecule has 1 heteroatoms. The van der Waals surface area contributed by atoms with Gasteiger partial charge in [-0.05, 0) is 89.0 Å². The van der Waals surface area contributed by atoms with E-state index in [1.54, 1.807) is 0 Å². The smallest absolute Gasteiger partial charge is 0.0759 e. The van der Waals surface area contributed by atoms with E-state index in [0.29, 0.717) is 0 Å². The Hall–Kier alpha value is -6.05. The van der Waals surface area contributed by atoms with E-state index >= 15 is 0 Å². The van der Waals surface area contributed by atoms with Crippen molar-refractivity contribution in [3.63, 3.8) is 0 Å². The molecule has 1 aromatic heterocycles. The molecular formula is C48H33N. The average Bonchev–Trinajstić information content (AvgIpc) is 3.39. The van der Waals surface area contributed by atoms with Gasteiger partial charge in [0.05, 0.1) is 11.2 Å². The number of aromatic nitrogens is 1. The second-order valence-electron chi connectivity index (χ2n) is 13.9. The number of benzene rings is 8. The SMILES string of the molecule is CC1(C)c2ccccc2-c2nc3ccccc3c(-c3ccc(-c4ccc(-c5cc6ccccc6c6ccccc56)c5ccccc45)cc3)c21. The van der Waals surface area contributed by atoms with Crippen LogP contribution in [0, 0.1) is 0 Å². The van der Waals surface area contributed by atoms with Crippen LogP contribution in [0.15, 0.2) is 164 Å². The lowest BCUT2D eigenvalue weighted by molar-refractivity contribution is 0.662. The van der Waals surface area contributed by atoms with Gasteiger partial charge in [-0.15, -0.1) is 0 Å². The first-order valence-electron chi connectivity index (χ1n) is 17.1. The molecular weight excluding hydrogens is 591 g/mol. The molecule has 0 saturated carbocycles. The first-order valence-corrected chi connectivity index (χ1v) is 17.1.